The largest absolute Gasteiger partial charge is 0.381 e. The average Bonchev–Trinajstić information content (AvgIpc) is 2.79. The number of carbonyl (C=O) groups excluding carboxylic acids is 1. The second-order valence-electron chi connectivity index (χ2n) is 4.85. The number of ether oxygens (including phenoxy) is 1. The Hall–Kier alpha value is -0.610. The lowest BCUT2D eigenvalue weighted by atomic mass is 9.96. The van der Waals surface area contributed by atoms with Crippen LogP contribution in [0.15, 0.2) is 0 Å². The third-order valence-electron chi connectivity index (χ3n) is 3.50. The average molecular weight is 242 g/mol. The molecule has 1 aliphatic rings. The molecule has 100 valence electrons. The summed E-state index contributed by atoms with van der Waals surface area (Å²) in [6, 6.07) is 0. The molecule has 17 heavy (non-hydrogen) atoms. The Bertz CT molecular complexity index is 221. The van der Waals surface area contributed by atoms with Crippen LogP contribution < -0.4 is 11.1 Å². The maximum Gasteiger partial charge on any atom is 0.222 e. The van der Waals surface area contributed by atoms with E-state index in [1.807, 2.05) is 0 Å². The molecule has 0 aromatic heterocycles. The van der Waals surface area contributed by atoms with E-state index in [2.05, 4.69) is 12.2 Å². The molecule has 1 rings (SSSR count). The predicted molar refractivity (Wildman–Crippen MR) is 68.6 cm³/mol. The number of nitrogens with one attached hydrogen (secondary N) is 1. The summed E-state index contributed by atoms with van der Waals surface area (Å²) in [6.07, 6.45) is 5.15. The fraction of sp³-hybridized carbons (Fsp3) is 0.923. The van der Waals surface area contributed by atoms with Crippen LogP contribution in [0.3, 0.4) is 0 Å². The molecule has 0 saturated heterocycles. The highest BCUT2D eigenvalue weighted by atomic mass is 16.5. The first kappa shape index (κ1) is 14.5. The van der Waals surface area contributed by atoms with Gasteiger partial charge < -0.3 is 15.8 Å². The molecule has 0 bridgehead atoms. The Morgan fingerprint density at radius 3 is 2.82 bits per heavy atom. The van der Waals surface area contributed by atoms with Crippen LogP contribution in [-0.4, -0.2) is 32.2 Å². The first-order valence-corrected chi connectivity index (χ1v) is 6.82. The van der Waals surface area contributed by atoms with Gasteiger partial charge in [-0.3, -0.25) is 4.79 Å². The van der Waals surface area contributed by atoms with Crippen molar-refractivity contribution in [2.45, 2.75) is 39.0 Å². The van der Waals surface area contributed by atoms with E-state index in [1.165, 1.54) is 19.3 Å². The smallest absolute Gasteiger partial charge is 0.222 e. The summed E-state index contributed by atoms with van der Waals surface area (Å²) in [5.41, 5.74) is 5.71. The molecule has 1 aliphatic carbocycles. The van der Waals surface area contributed by atoms with Gasteiger partial charge in [0.1, 0.15) is 0 Å². The minimum Gasteiger partial charge on any atom is -0.381 e. The number of carbonyl (C=O) groups is 1. The molecule has 1 amide bonds. The van der Waals surface area contributed by atoms with Gasteiger partial charge >= 0.3 is 0 Å². The summed E-state index contributed by atoms with van der Waals surface area (Å²) in [5, 5.41) is 2.99. The van der Waals surface area contributed by atoms with Gasteiger partial charge in [-0.05, 0) is 37.6 Å². The van der Waals surface area contributed by atoms with Gasteiger partial charge in [0.05, 0.1) is 6.61 Å². The zero-order valence-electron chi connectivity index (χ0n) is 10.9. The van der Waals surface area contributed by atoms with Crippen molar-refractivity contribution in [3.63, 3.8) is 0 Å². The van der Waals surface area contributed by atoms with Gasteiger partial charge in [0.25, 0.3) is 0 Å². The maximum atomic E-state index is 11.5. The van der Waals surface area contributed by atoms with Crippen molar-refractivity contribution in [3.8, 4) is 0 Å². The summed E-state index contributed by atoms with van der Waals surface area (Å²) < 4.78 is 5.29. The summed E-state index contributed by atoms with van der Waals surface area (Å²) in [7, 11) is 0. The highest BCUT2D eigenvalue weighted by Gasteiger charge is 2.25. The van der Waals surface area contributed by atoms with Crippen molar-refractivity contribution < 1.29 is 9.53 Å². The Labute approximate surface area is 104 Å². The molecule has 1 fully saturated rings. The van der Waals surface area contributed by atoms with E-state index >= 15 is 0 Å². The SMILES string of the molecule is CCCOCCC(=O)NCC1CCCC1CN. The molecular weight excluding hydrogens is 216 g/mol. The van der Waals surface area contributed by atoms with E-state index in [0.717, 1.165) is 26.1 Å². The second-order valence-corrected chi connectivity index (χ2v) is 4.85. The van der Waals surface area contributed by atoms with Crippen molar-refractivity contribution >= 4 is 5.91 Å². The van der Waals surface area contributed by atoms with Crippen molar-refractivity contribution in [1.29, 1.82) is 0 Å². The standard InChI is InChI=1S/C13H26N2O2/c1-2-7-17-8-6-13(16)15-10-12-5-3-4-11(12)9-14/h11-12H,2-10,14H2,1H3,(H,15,16). The number of rotatable bonds is 8. The summed E-state index contributed by atoms with van der Waals surface area (Å²) >= 11 is 0. The molecule has 0 aliphatic heterocycles. The van der Waals surface area contributed by atoms with E-state index in [-0.39, 0.29) is 5.91 Å². The van der Waals surface area contributed by atoms with Crippen LogP contribution in [0.2, 0.25) is 0 Å². The van der Waals surface area contributed by atoms with E-state index in [4.69, 9.17) is 10.5 Å². The maximum absolute atomic E-state index is 11.5. The minimum atomic E-state index is 0.101. The number of nitrogens with two attached hydrogens (primary N) is 1. The Balaban J connectivity index is 2.06. The third-order valence-corrected chi connectivity index (χ3v) is 3.50. The zero-order chi connectivity index (χ0) is 12.5. The van der Waals surface area contributed by atoms with Crippen LogP contribution in [0, 0.1) is 11.8 Å². The summed E-state index contributed by atoms with van der Waals surface area (Å²) in [4.78, 5) is 11.5. The number of hydrogen-bond acceptors (Lipinski definition) is 3. The van der Waals surface area contributed by atoms with Crippen LogP contribution >= 0.6 is 0 Å². The fourth-order valence-electron chi connectivity index (χ4n) is 2.44. The lowest BCUT2D eigenvalue weighted by Gasteiger charge is -2.18. The minimum absolute atomic E-state index is 0.101. The van der Waals surface area contributed by atoms with Crippen LogP contribution in [0.4, 0.5) is 0 Å². The zero-order valence-corrected chi connectivity index (χ0v) is 10.9. The van der Waals surface area contributed by atoms with Crippen LogP contribution in [0.25, 0.3) is 0 Å². The third kappa shape index (κ3) is 5.50. The van der Waals surface area contributed by atoms with Gasteiger partial charge in [-0.1, -0.05) is 13.3 Å². The molecule has 4 nitrogen and oxygen atoms in total. The first-order chi connectivity index (χ1) is 8.27. The predicted octanol–water partition coefficient (Wildman–Crippen LogP) is 1.29. The molecule has 0 heterocycles. The van der Waals surface area contributed by atoms with Crippen LogP contribution in [-0.2, 0) is 9.53 Å². The van der Waals surface area contributed by atoms with Crippen molar-refractivity contribution in [1.82, 2.24) is 5.32 Å². The molecule has 2 atom stereocenters. The number of hydrogen-bond donors (Lipinski definition) is 2. The first-order valence-electron chi connectivity index (χ1n) is 6.82. The van der Waals surface area contributed by atoms with Crippen LogP contribution in [0.5, 0.6) is 0 Å². The monoisotopic (exact) mass is 242 g/mol. The van der Waals surface area contributed by atoms with E-state index in [0.29, 0.717) is 24.9 Å². The van der Waals surface area contributed by atoms with E-state index in [9.17, 15) is 4.79 Å². The highest BCUT2D eigenvalue weighted by molar-refractivity contribution is 5.75. The molecule has 0 aromatic carbocycles. The summed E-state index contributed by atoms with van der Waals surface area (Å²) in [6.45, 7) is 4.87. The lowest BCUT2D eigenvalue weighted by Crippen LogP contribution is -2.33. The molecule has 0 radical (unpaired) electrons. The second kappa shape index (κ2) is 8.48. The van der Waals surface area contributed by atoms with Gasteiger partial charge in [0.2, 0.25) is 5.91 Å². The quantitative estimate of drug-likeness (QED) is 0.630. The van der Waals surface area contributed by atoms with Gasteiger partial charge in [0.15, 0.2) is 0 Å². The lowest BCUT2D eigenvalue weighted by molar-refractivity contribution is -0.122. The molecule has 4 heteroatoms. The van der Waals surface area contributed by atoms with Gasteiger partial charge in [-0.2, -0.15) is 0 Å². The topological polar surface area (TPSA) is 64.3 Å². The van der Waals surface area contributed by atoms with E-state index in [1.54, 1.807) is 0 Å². The van der Waals surface area contributed by atoms with Crippen LogP contribution in [0.1, 0.15) is 39.0 Å². The number of amides is 1. The Morgan fingerprint density at radius 1 is 1.35 bits per heavy atom. The molecular formula is C13H26N2O2. The van der Waals surface area contributed by atoms with Gasteiger partial charge in [-0.25, -0.2) is 0 Å². The summed E-state index contributed by atoms with van der Waals surface area (Å²) in [5.74, 6) is 1.29. The molecule has 1 saturated carbocycles. The van der Waals surface area contributed by atoms with E-state index < -0.39 is 0 Å². The fourth-order valence-corrected chi connectivity index (χ4v) is 2.44. The van der Waals surface area contributed by atoms with Crippen molar-refractivity contribution in [3.05, 3.63) is 0 Å². The molecule has 3 N–H and O–H groups in total. The molecule has 2 unspecified atom stereocenters. The van der Waals surface area contributed by atoms with Crippen molar-refractivity contribution in [2.24, 2.45) is 17.6 Å². The molecule has 0 aromatic rings. The Morgan fingerprint density at radius 2 is 2.12 bits per heavy atom. The Kier molecular flexibility index (Phi) is 7.21. The van der Waals surface area contributed by atoms with Crippen molar-refractivity contribution in [2.75, 3.05) is 26.3 Å². The van der Waals surface area contributed by atoms with Gasteiger partial charge in [-0.15, -0.1) is 0 Å². The normalized spacial score (nSPS) is 23.9. The molecule has 0 spiro atoms. The highest BCUT2D eigenvalue weighted by Crippen LogP contribution is 2.30. The van der Waals surface area contributed by atoms with Gasteiger partial charge in [0, 0.05) is 19.6 Å².